The lowest BCUT2D eigenvalue weighted by molar-refractivity contribution is 0.0435. The summed E-state index contributed by atoms with van der Waals surface area (Å²) in [7, 11) is 0. The van der Waals surface area contributed by atoms with Crippen LogP contribution in [0, 0.1) is 13.8 Å². The molecule has 0 aliphatic carbocycles. The molecule has 1 aromatic heterocycles. The number of nitrogens with zero attached hydrogens (tertiary/aromatic N) is 2. The maximum absolute atomic E-state index is 12.0. The standard InChI is InChI=1S/C18H16N2O4/c1-11-4-3-5-13(8-11)17-20-19-16(24-17)10-23-18(22)14-7-6-12(2)9-15(14)21/h3-9,21H,10H2,1-2H3. The van der Waals surface area contributed by atoms with Gasteiger partial charge in [-0.3, -0.25) is 0 Å². The molecular weight excluding hydrogens is 308 g/mol. The Balaban J connectivity index is 1.68. The number of phenols is 1. The van der Waals surface area contributed by atoms with Crippen LogP contribution in [0.25, 0.3) is 11.5 Å². The van der Waals surface area contributed by atoms with Crippen molar-refractivity contribution in [2.24, 2.45) is 0 Å². The number of aromatic nitrogens is 2. The fourth-order valence-electron chi connectivity index (χ4n) is 2.23. The second-order valence-corrected chi connectivity index (χ2v) is 5.47. The Labute approximate surface area is 138 Å². The molecule has 1 heterocycles. The highest BCUT2D eigenvalue weighted by Gasteiger charge is 2.15. The predicted octanol–water partition coefficient (Wildman–Crippen LogP) is 3.42. The third-order valence-corrected chi connectivity index (χ3v) is 3.43. The SMILES string of the molecule is Cc1cccc(-c2nnc(COC(=O)c3ccc(C)cc3O)o2)c1. The Morgan fingerprint density at radius 3 is 2.67 bits per heavy atom. The zero-order chi connectivity index (χ0) is 17.1. The van der Waals surface area contributed by atoms with Crippen molar-refractivity contribution in [3.05, 3.63) is 65.0 Å². The van der Waals surface area contributed by atoms with Gasteiger partial charge in [0.2, 0.25) is 5.89 Å². The van der Waals surface area contributed by atoms with Crippen LogP contribution in [0.2, 0.25) is 0 Å². The van der Waals surface area contributed by atoms with Crippen molar-refractivity contribution in [1.29, 1.82) is 0 Å². The molecule has 0 saturated heterocycles. The van der Waals surface area contributed by atoms with E-state index in [9.17, 15) is 9.90 Å². The molecule has 1 N–H and O–H groups in total. The molecule has 0 spiro atoms. The van der Waals surface area contributed by atoms with Crippen LogP contribution in [-0.2, 0) is 11.3 Å². The van der Waals surface area contributed by atoms with Crippen LogP contribution in [-0.4, -0.2) is 21.3 Å². The number of phenolic OH excluding ortho intramolecular Hbond substituents is 1. The first-order chi connectivity index (χ1) is 11.5. The summed E-state index contributed by atoms with van der Waals surface area (Å²) >= 11 is 0. The van der Waals surface area contributed by atoms with Crippen molar-refractivity contribution < 1.29 is 19.1 Å². The highest BCUT2D eigenvalue weighted by molar-refractivity contribution is 5.92. The molecule has 0 unspecified atom stereocenters. The van der Waals surface area contributed by atoms with Crippen molar-refractivity contribution in [3.63, 3.8) is 0 Å². The predicted molar refractivity (Wildman–Crippen MR) is 86.4 cm³/mol. The molecule has 0 radical (unpaired) electrons. The molecule has 6 heteroatoms. The number of hydrogen-bond donors (Lipinski definition) is 1. The fraction of sp³-hybridized carbons (Fsp3) is 0.167. The third-order valence-electron chi connectivity index (χ3n) is 3.43. The van der Waals surface area contributed by atoms with Crippen LogP contribution in [0.15, 0.2) is 46.9 Å². The van der Waals surface area contributed by atoms with Gasteiger partial charge in [-0.1, -0.05) is 23.8 Å². The summed E-state index contributed by atoms with van der Waals surface area (Å²) in [4.78, 5) is 12.0. The molecule has 3 aromatic rings. The molecule has 0 saturated carbocycles. The van der Waals surface area contributed by atoms with Crippen LogP contribution < -0.4 is 0 Å². The minimum absolute atomic E-state index is 0.0963. The quantitative estimate of drug-likeness (QED) is 0.740. The van der Waals surface area contributed by atoms with E-state index in [0.29, 0.717) is 5.89 Å². The number of aromatic hydroxyl groups is 1. The van der Waals surface area contributed by atoms with E-state index < -0.39 is 5.97 Å². The number of carbonyl (C=O) groups is 1. The summed E-state index contributed by atoms with van der Waals surface area (Å²) in [5.74, 6) is -0.219. The Morgan fingerprint density at radius 1 is 1.12 bits per heavy atom. The Bertz CT molecular complexity index is 886. The molecule has 0 amide bonds. The van der Waals surface area contributed by atoms with E-state index in [0.717, 1.165) is 16.7 Å². The lowest BCUT2D eigenvalue weighted by Gasteiger charge is -2.05. The smallest absolute Gasteiger partial charge is 0.342 e. The van der Waals surface area contributed by atoms with Gasteiger partial charge in [0.1, 0.15) is 11.3 Å². The lowest BCUT2D eigenvalue weighted by atomic mass is 10.1. The van der Waals surface area contributed by atoms with Gasteiger partial charge in [-0.05, 0) is 43.7 Å². The first-order valence-corrected chi connectivity index (χ1v) is 7.39. The molecule has 0 atom stereocenters. The molecular formula is C18H16N2O4. The first kappa shape index (κ1) is 15.7. The molecule has 6 nitrogen and oxygen atoms in total. The van der Waals surface area contributed by atoms with Gasteiger partial charge in [-0.2, -0.15) is 0 Å². The van der Waals surface area contributed by atoms with Gasteiger partial charge in [0, 0.05) is 5.56 Å². The van der Waals surface area contributed by atoms with E-state index in [1.807, 2.05) is 38.1 Å². The van der Waals surface area contributed by atoms with Gasteiger partial charge in [0.15, 0.2) is 6.61 Å². The average molecular weight is 324 g/mol. The second kappa shape index (κ2) is 6.54. The average Bonchev–Trinajstić information content (AvgIpc) is 3.01. The van der Waals surface area contributed by atoms with E-state index in [-0.39, 0.29) is 23.8 Å². The van der Waals surface area contributed by atoms with Gasteiger partial charge >= 0.3 is 5.97 Å². The van der Waals surface area contributed by atoms with Gasteiger partial charge in [0.25, 0.3) is 5.89 Å². The highest BCUT2D eigenvalue weighted by Crippen LogP contribution is 2.21. The Morgan fingerprint density at radius 2 is 1.92 bits per heavy atom. The van der Waals surface area contributed by atoms with E-state index in [1.54, 1.807) is 6.07 Å². The van der Waals surface area contributed by atoms with E-state index in [1.165, 1.54) is 12.1 Å². The molecule has 122 valence electrons. The van der Waals surface area contributed by atoms with Crippen molar-refractivity contribution in [3.8, 4) is 17.2 Å². The van der Waals surface area contributed by atoms with Crippen LogP contribution in [0.4, 0.5) is 0 Å². The maximum atomic E-state index is 12.0. The van der Waals surface area contributed by atoms with Crippen molar-refractivity contribution >= 4 is 5.97 Å². The number of ether oxygens (including phenoxy) is 1. The summed E-state index contributed by atoms with van der Waals surface area (Å²) in [5, 5.41) is 17.6. The summed E-state index contributed by atoms with van der Waals surface area (Å²) in [6.07, 6.45) is 0. The van der Waals surface area contributed by atoms with E-state index >= 15 is 0 Å². The molecule has 0 aliphatic rings. The molecule has 3 rings (SSSR count). The topological polar surface area (TPSA) is 85.5 Å². The van der Waals surface area contributed by atoms with E-state index in [2.05, 4.69) is 10.2 Å². The first-order valence-electron chi connectivity index (χ1n) is 7.39. The summed E-state index contributed by atoms with van der Waals surface area (Å²) < 4.78 is 10.6. The fourth-order valence-corrected chi connectivity index (χ4v) is 2.23. The number of rotatable bonds is 4. The molecule has 2 aromatic carbocycles. The van der Waals surface area contributed by atoms with Gasteiger partial charge in [-0.15, -0.1) is 10.2 Å². The summed E-state index contributed by atoms with van der Waals surface area (Å²) in [6, 6.07) is 12.4. The number of carbonyl (C=O) groups excluding carboxylic acids is 1. The minimum Gasteiger partial charge on any atom is -0.507 e. The lowest BCUT2D eigenvalue weighted by Crippen LogP contribution is -2.05. The maximum Gasteiger partial charge on any atom is 0.342 e. The normalized spacial score (nSPS) is 10.6. The van der Waals surface area contributed by atoms with Gasteiger partial charge in [0.05, 0.1) is 0 Å². The highest BCUT2D eigenvalue weighted by atomic mass is 16.5. The molecule has 24 heavy (non-hydrogen) atoms. The largest absolute Gasteiger partial charge is 0.507 e. The second-order valence-electron chi connectivity index (χ2n) is 5.47. The third kappa shape index (κ3) is 3.43. The van der Waals surface area contributed by atoms with Crippen molar-refractivity contribution in [2.75, 3.05) is 0 Å². The Kier molecular flexibility index (Phi) is 4.29. The zero-order valence-electron chi connectivity index (χ0n) is 13.3. The van der Waals surface area contributed by atoms with Crippen LogP contribution in [0.3, 0.4) is 0 Å². The van der Waals surface area contributed by atoms with Crippen LogP contribution in [0.5, 0.6) is 5.75 Å². The Hall–Kier alpha value is -3.15. The molecule has 0 fully saturated rings. The van der Waals surface area contributed by atoms with Crippen molar-refractivity contribution in [2.45, 2.75) is 20.5 Å². The monoisotopic (exact) mass is 324 g/mol. The number of esters is 1. The number of hydrogen-bond acceptors (Lipinski definition) is 6. The van der Waals surface area contributed by atoms with Crippen LogP contribution >= 0.6 is 0 Å². The van der Waals surface area contributed by atoms with Gasteiger partial charge < -0.3 is 14.3 Å². The van der Waals surface area contributed by atoms with Crippen molar-refractivity contribution in [1.82, 2.24) is 10.2 Å². The zero-order valence-corrected chi connectivity index (χ0v) is 13.3. The summed E-state index contributed by atoms with van der Waals surface area (Å²) in [6.45, 7) is 3.63. The van der Waals surface area contributed by atoms with E-state index in [4.69, 9.17) is 9.15 Å². The summed E-state index contributed by atoms with van der Waals surface area (Å²) in [5.41, 5.74) is 2.83. The molecule has 0 aliphatic heterocycles. The number of aryl methyl sites for hydroxylation is 2. The molecule has 0 bridgehead atoms. The minimum atomic E-state index is -0.650. The van der Waals surface area contributed by atoms with Gasteiger partial charge in [-0.25, -0.2) is 4.79 Å². The number of benzene rings is 2. The van der Waals surface area contributed by atoms with Crippen LogP contribution in [0.1, 0.15) is 27.4 Å².